The van der Waals surface area contributed by atoms with Crippen LogP contribution in [-0.2, 0) is 17.6 Å². The quantitative estimate of drug-likeness (QED) is 0.254. The largest absolute Gasteiger partial charge is 0.508 e. The first kappa shape index (κ1) is 24.5. The van der Waals surface area contributed by atoms with Gasteiger partial charge in [-0.2, -0.15) is 0 Å². The number of aromatic hydroxyl groups is 1. The van der Waals surface area contributed by atoms with Gasteiger partial charge in [-0.1, -0.05) is 27.7 Å². The van der Waals surface area contributed by atoms with Gasteiger partial charge in [0.2, 0.25) is 0 Å². The highest BCUT2D eigenvalue weighted by Crippen LogP contribution is 2.30. The number of hydrogen-bond donors (Lipinski definition) is 1. The number of thioether (sulfide) groups is 2. The summed E-state index contributed by atoms with van der Waals surface area (Å²) in [7, 11) is 0. The first-order valence-electron chi connectivity index (χ1n) is 10.4. The van der Waals surface area contributed by atoms with Crippen LogP contribution in [-0.4, -0.2) is 41.0 Å². The molecule has 0 amide bonds. The smallest absolute Gasteiger partial charge is 0.125 e. The summed E-state index contributed by atoms with van der Waals surface area (Å²) in [6.07, 6.45) is 6.19. The van der Waals surface area contributed by atoms with Gasteiger partial charge in [-0.05, 0) is 73.3 Å². The third kappa shape index (κ3) is 10.00. The topological polar surface area (TPSA) is 38.7 Å². The van der Waals surface area contributed by atoms with Gasteiger partial charge in [0.05, 0.1) is 17.8 Å². The molecule has 0 fully saturated rings. The Bertz CT molecular complexity index is 475. The van der Waals surface area contributed by atoms with Crippen molar-refractivity contribution in [2.24, 2.45) is 0 Å². The van der Waals surface area contributed by atoms with Gasteiger partial charge in [0.1, 0.15) is 11.5 Å². The SMILES string of the molecule is CCCSC(COCCCCOc1c(CC)cc(O)cc1CC)SCCC. The molecule has 0 aliphatic heterocycles. The highest BCUT2D eigenvalue weighted by molar-refractivity contribution is 8.17. The number of phenols is 1. The van der Waals surface area contributed by atoms with Crippen molar-refractivity contribution in [2.45, 2.75) is 70.8 Å². The van der Waals surface area contributed by atoms with E-state index in [-0.39, 0.29) is 0 Å². The molecule has 0 aromatic heterocycles. The molecule has 0 saturated heterocycles. The maximum atomic E-state index is 9.83. The van der Waals surface area contributed by atoms with E-state index >= 15 is 0 Å². The summed E-state index contributed by atoms with van der Waals surface area (Å²) in [5.41, 5.74) is 2.18. The second-order valence-electron chi connectivity index (χ2n) is 6.60. The van der Waals surface area contributed by atoms with Crippen molar-refractivity contribution in [2.75, 3.05) is 31.3 Å². The summed E-state index contributed by atoms with van der Waals surface area (Å²) in [6, 6.07) is 3.64. The van der Waals surface area contributed by atoms with Crippen LogP contribution in [0.3, 0.4) is 0 Å². The van der Waals surface area contributed by atoms with Gasteiger partial charge in [-0.25, -0.2) is 0 Å². The molecule has 1 rings (SSSR count). The van der Waals surface area contributed by atoms with Crippen molar-refractivity contribution in [3.05, 3.63) is 23.3 Å². The van der Waals surface area contributed by atoms with E-state index in [1.165, 1.54) is 24.3 Å². The lowest BCUT2D eigenvalue weighted by Gasteiger charge is -2.17. The lowest BCUT2D eigenvalue weighted by Crippen LogP contribution is -2.11. The lowest BCUT2D eigenvalue weighted by atomic mass is 10.0. The Hall–Kier alpha value is -0.520. The molecule has 0 unspecified atom stereocenters. The van der Waals surface area contributed by atoms with E-state index in [0.29, 0.717) is 16.9 Å². The van der Waals surface area contributed by atoms with E-state index in [9.17, 15) is 5.11 Å². The van der Waals surface area contributed by atoms with Crippen molar-refractivity contribution in [3.63, 3.8) is 0 Å². The van der Waals surface area contributed by atoms with E-state index in [1.807, 2.05) is 35.7 Å². The molecule has 1 aromatic carbocycles. The predicted octanol–water partition coefficient (Wildman–Crippen LogP) is 6.31. The number of aryl methyl sites for hydroxylation is 2. The monoisotopic (exact) mass is 414 g/mol. The summed E-state index contributed by atoms with van der Waals surface area (Å²) in [6.45, 7) is 11.0. The zero-order chi connectivity index (χ0) is 19.9. The summed E-state index contributed by atoms with van der Waals surface area (Å²) in [4.78, 5) is 0. The molecule has 156 valence electrons. The summed E-state index contributed by atoms with van der Waals surface area (Å²) < 4.78 is 12.5. The van der Waals surface area contributed by atoms with Crippen LogP contribution in [0.4, 0.5) is 0 Å². The fourth-order valence-electron chi connectivity index (χ4n) is 2.75. The zero-order valence-electron chi connectivity index (χ0n) is 17.6. The van der Waals surface area contributed by atoms with Crippen LogP contribution in [0.1, 0.15) is 64.5 Å². The molecular formula is C22H38O3S2. The third-order valence-corrected chi connectivity index (χ3v) is 7.31. The minimum Gasteiger partial charge on any atom is -0.508 e. The first-order chi connectivity index (χ1) is 13.2. The van der Waals surface area contributed by atoms with E-state index in [1.54, 1.807) is 0 Å². The number of unbranched alkanes of at least 4 members (excludes halogenated alkanes) is 1. The van der Waals surface area contributed by atoms with Crippen molar-refractivity contribution in [1.29, 1.82) is 0 Å². The van der Waals surface area contributed by atoms with Crippen molar-refractivity contribution in [3.8, 4) is 11.5 Å². The number of phenolic OH excluding ortho intramolecular Hbond substituents is 1. The van der Waals surface area contributed by atoms with Crippen LogP contribution in [0, 0.1) is 0 Å². The van der Waals surface area contributed by atoms with Crippen LogP contribution in [0.25, 0.3) is 0 Å². The zero-order valence-corrected chi connectivity index (χ0v) is 19.2. The highest BCUT2D eigenvalue weighted by Gasteiger charge is 2.11. The highest BCUT2D eigenvalue weighted by atomic mass is 32.2. The van der Waals surface area contributed by atoms with Crippen LogP contribution in [0.15, 0.2) is 12.1 Å². The number of ether oxygens (including phenoxy) is 2. The Morgan fingerprint density at radius 1 is 0.889 bits per heavy atom. The number of hydrogen-bond acceptors (Lipinski definition) is 5. The minimum absolute atomic E-state index is 0.334. The van der Waals surface area contributed by atoms with Gasteiger partial charge in [-0.3, -0.25) is 0 Å². The summed E-state index contributed by atoms with van der Waals surface area (Å²) in [5.74, 6) is 3.72. The molecule has 3 nitrogen and oxygen atoms in total. The van der Waals surface area contributed by atoms with Crippen LogP contribution < -0.4 is 4.74 Å². The number of rotatable bonds is 16. The van der Waals surface area contributed by atoms with E-state index in [4.69, 9.17) is 9.47 Å². The lowest BCUT2D eigenvalue weighted by molar-refractivity contribution is 0.137. The molecule has 0 atom stereocenters. The molecule has 0 spiro atoms. The van der Waals surface area contributed by atoms with Crippen LogP contribution in [0.2, 0.25) is 0 Å². The maximum absolute atomic E-state index is 9.83. The molecule has 0 saturated carbocycles. The predicted molar refractivity (Wildman–Crippen MR) is 122 cm³/mol. The first-order valence-corrected chi connectivity index (χ1v) is 12.5. The minimum atomic E-state index is 0.334. The van der Waals surface area contributed by atoms with E-state index in [2.05, 4.69) is 27.7 Å². The average molecular weight is 415 g/mol. The van der Waals surface area contributed by atoms with Gasteiger partial charge in [0.15, 0.2) is 0 Å². The second kappa shape index (κ2) is 15.4. The van der Waals surface area contributed by atoms with Gasteiger partial charge in [-0.15, -0.1) is 23.5 Å². The van der Waals surface area contributed by atoms with Gasteiger partial charge in [0.25, 0.3) is 0 Å². The second-order valence-corrected chi connectivity index (χ2v) is 9.52. The van der Waals surface area contributed by atoms with E-state index < -0.39 is 0 Å². The van der Waals surface area contributed by atoms with Crippen LogP contribution in [0.5, 0.6) is 11.5 Å². The Labute approximate surface area is 175 Å². The van der Waals surface area contributed by atoms with Gasteiger partial charge < -0.3 is 14.6 Å². The molecule has 27 heavy (non-hydrogen) atoms. The fraction of sp³-hybridized carbons (Fsp3) is 0.727. The van der Waals surface area contributed by atoms with Gasteiger partial charge in [0, 0.05) is 6.61 Å². The summed E-state index contributed by atoms with van der Waals surface area (Å²) >= 11 is 4.06. The standard InChI is InChI=1S/C22H38O3S2/c1-5-13-26-21(27-14-6-2)17-24-11-9-10-12-25-22-18(7-3)15-20(23)16-19(22)8-4/h15-16,21,23H,5-14,17H2,1-4H3. The molecular weight excluding hydrogens is 376 g/mol. The summed E-state index contributed by atoms with van der Waals surface area (Å²) in [5, 5.41) is 9.83. The normalized spacial score (nSPS) is 11.3. The Balaban J connectivity index is 2.28. The molecule has 5 heteroatoms. The molecule has 0 aliphatic carbocycles. The molecule has 1 aromatic rings. The third-order valence-electron chi connectivity index (χ3n) is 4.19. The molecule has 0 radical (unpaired) electrons. The Morgan fingerprint density at radius 2 is 1.44 bits per heavy atom. The van der Waals surface area contributed by atoms with Gasteiger partial charge >= 0.3 is 0 Å². The van der Waals surface area contributed by atoms with E-state index in [0.717, 1.165) is 55.8 Å². The fourth-order valence-corrected chi connectivity index (χ4v) is 5.09. The van der Waals surface area contributed by atoms with Crippen molar-refractivity contribution >= 4 is 23.5 Å². The number of benzene rings is 1. The van der Waals surface area contributed by atoms with Crippen LogP contribution >= 0.6 is 23.5 Å². The van der Waals surface area contributed by atoms with Crippen molar-refractivity contribution < 1.29 is 14.6 Å². The molecule has 0 heterocycles. The Morgan fingerprint density at radius 3 is 1.96 bits per heavy atom. The molecule has 1 N–H and O–H groups in total. The average Bonchev–Trinajstić information content (AvgIpc) is 2.68. The Kier molecular flexibility index (Phi) is 14.0. The van der Waals surface area contributed by atoms with Crippen molar-refractivity contribution in [1.82, 2.24) is 0 Å². The molecule has 0 aliphatic rings. The maximum Gasteiger partial charge on any atom is 0.125 e. The molecule has 0 bridgehead atoms.